The van der Waals surface area contributed by atoms with E-state index in [4.69, 9.17) is 0 Å². The molecule has 2 aromatic carbocycles. The van der Waals surface area contributed by atoms with Gasteiger partial charge in [-0.25, -0.2) is 4.39 Å². The first-order valence-corrected chi connectivity index (χ1v) is 7.23. The number of nitro benzene ring substituents is 1. The van der Waals surface area contributed by atoms with Gasteiger partial charge in [-0.3, -0.25) is 19.7 Å². The van der Waals surface area contributed by atoms with Crippen LogP contribution < -0.4 is 5.32 Å². The highest BCUT2D eigenvalue weighted by Crippen LogP contribution is 2.32. The minimum atomic E-state index is -0.516. The Labute approximate surface area is 141 Å². The van der Waals surface area contributed by atoms with Gasteiger partial charge >= 0.3 is 0 Å². The second-order valence-corrected chi connectivity index (χ2v) is 5.29. The number of amides is 1. The average molecular weight is 338 g/mol. The molecule has 0 saturated carbocycles. The molecule has 124 valence electrons. The second-order valence-electron chi connectivity index (χ2n) is 5.29. The Balaban J connectivity index is 1.80. The predicted octanol–water partition coefficient (Wildman–Crippen LogP) is 3.35. The molecule has 0 saturated heterocycles. The van der Waals surface area contributed by atoms with Gasteiger partial charge in [-0.15, -0.1) is 0 Å². The van der Waals surface area contributed by atoms with Crippen molar-refractivity contribution in [1.82, 2.24) is 0 Å². The van der Waals surface area contributed by atoms with Crippen LogP contribution in [-0.4, -0.2) is 16.6 Å². The molecule has 0 atom stereocenters. The number of nitrogens with zero attached hydrogens (tertiary/aromatic N) is 1. The van der Waals surface area contributed by atoms with Gasteiger partial charge in [0.2, 0.25) is 0 Å². The van der Waals surface area contributed by atoms with Crippen molar-refractivity contribution in [3.05, 3.63) is 81.7 Å². The maximum absolute atomic E-state index is 13.3. The molecule has 0 unspecified atom stereocenters. The Morgan fingerprint density at radius 1 is 1.16 bits per heavy atom. The van der Waals surface area contributed by atoms with Gasteiger partial charge in [0.05, 0.1) is 10.5 Å². The van der Waals surface area contributed by atoms with Crippen molar-refractivity contribution in [2.75, 3.05) is 5.32 Å². The fourth-order valence-corrected chi connectivity index (χ4v) is 2.38. The SMILES string of the molecule is O=C(/C=C/c1ccc([N+](=O)[O-])cc1)/C=C1/C(=O)Nc2ccc(F)cc21. The number of halogens is 1. The summed E-state index contributed by atoms with van der Waals surface area (Å²) in [5, 5.41) is 13.1. The van der Waals surface area contributed by atoms with Gasteiger partial charge in [0, 0.05) is 23.4 Å². The minimum absolute atomic E-state index is 0.0492. The molecule has 0 spiro atoms. The number of non-ortho nitro benzene ring substituents is 1. The summed E-state index contributed by atoms with van der Waals surface area (Å²) in [6.45, 7) is 0. The van der Waals surface area contributed by atoms with Crippen LogP contribution in [0.4, 0.5) is 15.8 Å². The molecule has 0 aromatic heterocycles. The van der Waals surface area contributed by atoms with Gasteiger partial charge in [-0.05, 0) is 48.0 Å². The number of nitrogens with one attached hydrogen (secondary N) is 1. The number of carbonyl (C=O) groups is 2. The first kappa shape index (κ1) is 16.3. The van der Waals surface area contributed by atoms with Crippen LogP contribution in [0.3, 0.4) is 0 Å². The number of ketones is 1. The molecule has 0 fully saturated rings. The molecule has 1 aliphatic rings. The van der Waals surface area contributed by atoms with E-state index >= 15 is 0 Å². The summed E-state index contributed by atoms with van der Waals surface area (Å²) >= 11 is 0. The third-order valence-corrected chi connectivity index (χ3v) is 3.60. The zero-order chi connectivity index (χ0) is 18.0. The van der Waals surface area contributed by atoms with E-state index < -0.39 is 22.4 Å². The molecule has 6 nitrogen and oxygen atoms in total. The zero-order valence-corrected chi connectivity index (χ0v) is 12.7. The van der Waals surface area contributed by atoms with Crippen LogP contribution in [0.15, 0.2) is 54.6 Å². The van der Waals surface area contributed by atoms with Crippen molar-refractivity contribution in [3.63, 3.8) is 0 Å². The number of hydrogen-bond donors (Lipinski definition) is 1. The number of rotatable bonds is 4. The third kappa shape index (κ3) is 3.50. The Hall–Kier alpha value is -3.61. The van der Waals surface area contributed by atoms with Crippen LogP contribution in [0.1, 0.15) is 11.1 Å². The number of fused-ring (bicyclic) bond motifs is 1. The molecule has 7 heteroatoms. The van der Waals surface area contributed by atoms with Crippen LogP contribution in [0.25, 0.3) is 11.6 Å². The summed E-state index contributed by atoms with van der Waals surface area (Å²) in [5.41, 5.74) is 1.42. The Morgan fingerprint density at radius 3 is 2.56 bits per heavy atom. The van der Waals surface area contributed by atoms with Crippen LogP contribution >= 0.6 is 0 Å². The fourth-order valence-electron chi connectivity index (χ4n) is 2.38. The zero-order valence-electron chi connectivity index (χ0n) is 12.7. The maximum Gasteiger partial charge on any atom is 0.269 e. The summed E-state index contributed by atoms with van der Waals surface area (Å²) in [5.74, 6) is -1.44. The molecule has 1 N–H and O–H groups in total. The van der Waals surface area contributed by atoms with E-state index in [0.717, 1.165) is 6.08 Å². The van der Waals surface area contributed by atoms with Gasteiger partial charge < -0.3 is 5.32 Å². The van der Waals surface area contributed by atoms with E-state index in [-0.39, 0.29) is 11.3 Å². The highest BCUT2D eigenvalue weighted by atomic mass is 19.1. The molecule has 1 aliphatic heterocycles. The molecular weight excluding hydrogens is 327 g/mol. The summed E-state index contributed by atoms with van der Waals surface area (Å²) in [6.07, 6.45) is 3.84. The average Bonchev–Trinajstić information content (AvgIpc) is 2.88. The van der Waals surface area contributed by atoms with Crippen molar-refractivity contribution in [3.8, 4) is 0 Å². The van der Waals surface area contributed by atoms with E-state index in [9.17, 15) is 24.1 Å². The first-order valence-electron chi connectivity index (χ1n) is 7.23. The number of nitro groups is 1. The maximum atomic E-state index is 13.3. The monoisotopic (exact) mass is 338 g/mol. The standard InChI is InChI=1S/C18H11FN2O4/c19-12-4-8-17-15(9-12)16(18(23)20-17)10-14(22)7-3-11-1-5-13(6-2-11)21(24)25/h1-10H,(H,20,23)/b7-3+,16-10+. The molecule has 3 rings (SSSR count). The number of hydrogen-bond acceptors (Lipinski definition) is 4. The quantitative estimate of drug-likeness (QED) is 0.526. The third-order valence-electron chi connectivity index (χ3n) is 3.60. The molecule has 1 heterocycles. The smallest absolute Gasteiger partial charge is 0.269 e. The predicted molar refractivity (Wildman–Crippen MR) is 90.1 cm³/mol. The molecule has 2 aromatic rings. The Bertz CT molecular complexity index is 946. The summed E-state index contributed by atoms with van der Waals surface area (Å²) in [4.78, 5) is 34.0. The molecule has 0 radical (unpaired) electrons. The Morgan fingerprint density at radius 2 is 1.88 bits per heavy atom. The number of carbonyl (C=O) groups excluding carboxylic acids is 2. The van der Waals surface area contributed by atoms with Crippen molar-refractivity contribution >= 4 is 34.7 Å². The number of anilines is 1. The van der Waals surface area contributed by atoms with E-state index in [1.54, 1.807) is 0 Å². The van der Waals surface area contributed by atoms with E-state index in [1.807, 2.05) is 0 Å². The lowest BCUT2D eigenvalue weighted by atomic mass is 10.1. The number of benzene rings is 2. The lowest BCUT2D eigenvalue weighted by molar-refractivity contribution is -0.384. The molecule has 1 amide bonds. The van der Waals surface area contributed by atoms with Crippen LogP contribution in [0.2, 0.25) is 0 Å². The molecular formula is C18H11FN2O4. The topological polar surface area (TPSA) is 89.3 Å². The van der Waals surface area contributed by atoms with Crippen LogP contribution in [0.5, 0.6) is 0 Å². The highest BCUT2D eigenvalue weighted by molar-refractivity contribution is 6.34. The van der Waals surface area contributed by atoms with Crippen molar-refractivity contribution in [1.29, 1.82) is 0 Å². The summed E-state index contributed by atoms with van der Waals surface area (Å²) < 4.78 is 13.3. The van der Waals surface area contributed by atoms with Crippen molar-refractivity contribution in [2.24, 2.45) is 0 Å². The molecule has 25 heavy (non-hydrogen) atoms. The lowest BCUT2D eigenvalue weighted by Gasteiger charge is -1.97. The fraction of sp³-hybridized carbons (Fsp3) is 0. The minimum Gasteiger partial charge on any atom is -0.321 e. The highest BCUT2D eigenvalue weighted by Gasteiger charge is 2.24. The normalized spacial score (nSPS) is 14.6. The van der Waals surface area contributed by atoms with Gasteiger partial charge in [0.1, 0.15) is 5.82 Å². The van der Waals surface area contributed by atoms with E-state index in [2.05, 4.69) is 5.32 Å². The summed E-state index contributed by atoms with van der Waals surface area (Å²) in [7, 11) is 0. The number of allylic oxidation sites excluding steroid dienone is 2. The van der Waals surface area contributed by atoms with Crippen LogP contribution in [-0.2, 0) is 9.59 Å². The van der Waals surface area contributed by atoms with E-state index in [0.29, 0.717) is 16.8 Å². The summed E-state index contributed by atoms with van der Waals surface area (Å²) in [6, 6.07) is 9.49. The first-order chi connectivity index (χ1) is 11.9. The molecule has 0 bridgehead atoms. The molecule has 0 aliphatic carbocycles. The van der Waals surface area contributed by atoms with Gasteiger partial charge in [0.15, 0.2) is 5.78 Å². The van der Waals surface area contributed by atoms with Crippen molar-refractivity contribution < 1.29 is 18.9 Å². The van der Waals surface area contributed by atoms with Gasteiger partial charge in [-0.2, -0.15) is 0 Å². The van der Waals surface area contributed by atoms with E-state index in [1.165, 1.54) is 54.6 Å². The van der Waals surface area contributed by atoms with Crippen LogP contribution in [0, 0.1) is 15.9 Å². The Kier molecular flexibility index (Phi) is 4.21. The van der Waals surface area contributed by atoms with Crippen molar-refractivity contribution in [2.45, 2.75) is 0 Å². The largest absolute Gasteiger partial charge is 0.321 e. The van der Waals surface area contributed by atoms with Gasteiger partial charge in [0.25, 0.3) is 11.6 Å². The second kappa shape index (κ2) is 6.48. The van der Waals surface area contributed by atoms with Gasteiger partial charge in [-0.1, -0.05) is 6.08 Å². The lowest BCUT2D eigenvalue weighted by Crippen LogP contribution is -2.05.